The number of para-hydroxylation sites is 1. The Kier molecular flexibility index (Phi) is 4.52. The van der Waals surface area contributed by atoms with E-state index in [0.29, 0.717) is 5.56 Å². The Labute approximate surface area is 128 Å². The van der Waals surface area contributed by atoms with Crippen molar-refractivity contribution in [3.63, 3.8) is 0 Å². The number of benzene rings is 2. The van der Waals surface area contributed by atoms with Crippen LogP contribution in [0.15, 0.2) is 53.4 Å². The van der Waals surface area contributed by atoms with Crippen molar-refractivity contribution in [1.82, 2.24) is 0 Å². The Morgan fingerprint density at radius 3 is 2.14 bits per heavy atom. The minimum absolute atomic E-state index is 0.108. The normalized spacial score (nSPS) is 12.1. The maximum atomic E-state index is 12.9. The average Bonchev–Trinajstić information content (AvgIpc) is 2.39. The minimum atomic E-state index is -3.92. The maximum Gasteiger partial charge on any atom is 0.261 e. The predicted octanol–water partition coefficient (Wildman–Crippen LogP) is 2.17. The van der Waals surface area contributed by atoms with Crippen LogP contribution in [0.1, 0.15) is 5.56 Å². The van der Waals surface area contributed by atoms with Crippen molar-refractivity contribution in [2.24, 2.45) is 0 Å². The van der Waals surface area contributed by atoms with Crippen LogP contribution >= 0.6 is 0 Å². The third kappa shape index (κ3) is 4.28. The van der Waals surface area contributed by atoms with Crippen molar-refractivity contribution >= 4 is 25.5 Å². The lowest BCUT2D eigenvalue weighted by Crippen LogP contribution is -2.15. The quantitative estimate of drug-likeness (QED) is 0.902. The zero-order valence-corrected chi connectivity index (χ0v) is 13.3. The molecule has 1 N–H and O–H groups in total. The largest absolute Gasteiger partial charge is 0.279 e. The second kappa shape index (κ2) is 6.05. The molecular weight excluding hydrogens is 329 g/mol. The summed E-state index contributed by atoms with van der Waals surface area (Å²) in [4.78, 5) is -0.108. The summed E-state index contributed by atoms with van der Waals surface area (Å²) >= 11 is 0. The molecule has 0 aliphatic carbocycles. The van der Waals surface area contributed by atoms with Crippen molar-refractivity contribution in [3.05, 3.63) is 59.9 Å². The lowest BCUT2D eigenvalue weighted by molar-refractivity contribution is 0.597. The standard InChI is InChI=1S/C14H14FNO4S2/c1-21(17,18)10-11-4-2-3-5-14(11)16-22(19,20)13-8-6-12(15)7-9-13/h2-9,16H,10H2,1H3. The van der Waals surface area contributed by atoms with Gasteiger partial charge in [-0.2, -0.15) is 0 Å². The second-order valence-corrected chi connectivity index (χ2v) is 8.61. The molecule has 0 amide bonds. The molecule has 0 fully saturated rings. The number of halogens is 1. The molecule has 0 unspecified atom stereocenters. The fraction of sp³-hybridized carbons (Fsp3) is 0.143. The van der Waals surface area contributed by atoms with Crippen LogP contribution < -0.4 is 4.72 Å². The molecule has 22 heavy (non-hydrogen) atoms. The summed E-state index contributed by atoms with van der Waals surface area (Å²) in [6, 6.07) is 10.6. The van der Waals surface area contributed by atoms with E-state index in [4.69, 9.17) is 0 Å². The minimum Gasteiger partial charge on any atom is -0.279 e. The van der Waals surface area contributed by atoms with E-state index in [2.05, 4.69) is 4.72 Å². The van der Waals surface area contributed by atoms with E-state index in [0.717, 1.165) is 30.5 Å². The van der Waals surface area contributed by atoms with Gasteiger partial charge in [0.05, 0.1) is 16.3 Å². The van der Waals surface area contributed by atoms with E-state index >= 15 is 0 Å². The third-order valence-corrected chi connectivity index (χ3v) is 5.02. The van der Waals surface area contributed by atoms with Gasteiger partial charge in [-0.15, -0.1) is 0 Å². The third-order valence-electron chi connectivity index (χ3n) is 2.80. The maximum absolute atomic E-state index is 12.9. The molecule has 0 bridgehead atoms. The van der Waals surface area contributed by atoms with Gasteiger partial charge in [0.25, 0.3) is 10.0 Å². The van der Waals surface area contributed by atoms with Crippen LogP contribution in [-0.2, 0) is 25.6 Å². The summed E-state index contributed by atoms with van der Waals surface area (Å²) in [6.45, 7) is 0. The number of rotatable bonds is 5. The Morgan fingerprint density at radius 2 is 1.55 bits per heavy atom. The molecule has 118 valence electrons. The summed E-state index contributed by atoms with van der Waals surface area (Å²) in [5.41, 5.74) is 0.521. The highest BCUT2D eigenvalue weighted by atomic mass is 32.2. The van der Waals surface area contributed by atoms with Gasteiger partial charge in [0, 0.05) is 6.26 Å². The van der Waals surface area contributed by atoms with Crippen LogP contribution in [0.25, 0.3) is 0 Å². The number of anilines is 1. The van der Waals surface area contributed by atoms with Crippen LogP contribution in [-0.4, -0.2) is 23.1 Å². The Balaban J connectivity index is 2.36. The topological polar surface area (TPSA) is 80.3 Å². The van der Waals surface area contributed by atoms with Gasteiger partial charge in [0.1, 0.15) is 5.82 Å². The van der Waals surface area contributed by atoms with Gasteiger partial charge < -0.3 is 0 Å². The molecule has 0 saturated heterocycles. The van der Waals surface area contributed by atoms with Gasteiger partial charge in [0.15, 0.2) is 9.84 Å². The van der Waals surface area contributed by atoms with Crippen LogP contribution in [0.3, 0.4) is 0 Å². The fourth-order valence-corrected chi connectivity index (χ4v) is 3.76. The number of sulfone groups is 1. The van der Waals surface area contributed by atoms with E-state index in [-0.39, 0.29) is 16.3 Å². The number of hydrogen-bond acceptors (Lipinski definition) is 4. The highest BCUT2D eigenvalue weighted by molar-refractivity contribution is 7.92. The lowest BCUT2D eigenvalue weighted by atomic mass is 10.2. The van der Waals surface area contributed by atoms with Gasteiger partial charge in [0.2, 0.25) is 0 Å². The van der Waals surface area contributed by atoms with E-state index in [1.54, 1.807) is 12.1 Å². The smallest absolute Gasteiger partial charge is 0.261 e. The van der Waals surface area contributed by atoms with E-state index < -0.39 is 25.7 Å². The summed E-state index contributed by atoms with van der Waals surface area (Å²) < 4.78 is 62.5. The van der Waals surface area contributed by atoms with Crippen LogP contribution in [0.2, 0.25) is 0 Å². The molecule has 2 rings (SSSR count). The van der Waals surface area contributed by atoms with E-state index in [1.807, 2.05) is 0 Å². The van der Waals surface area contributed by atoms with Gasteiger partial charge >= 0.3 is 0 Å². The van der Waals surface area contributed by atoms with Gasteiger partial charge in [-0.25, -0.2) is 21.2 Å². The van der Waals surface area contributed by atoms with Crippen molar-refractivity contribution in [3.8, 4) is 0 Å². The Bertz CT molecular complexity index is 875. The summed E-state index contributed by atoms with van der Waals surface area (Å²) in [5.74, 6) is -0.828. The Morgan fingerprint density at radius 1 is 0.955 bits per heavy atom. The highest BCUT2D eigenvalue weighted by Crippen LogP contribution is 2.21. The summed E-state index contributed by atoms with van der Waals surface area (Å²) in [6.07, 6.45) is 1.07. The van der Waals surface area contributed by atoms with E-state index in [9.17, 15) is 21.2 Å². The molecule has 0 aliphatic heterocycles. The van der Waals surface area contributed by atoms with Crippen molar-refractivity contribution in [2.75, 3.05) is 11.0 Å². The van der Waals surface area contributed by atoms with Crippen LogP contribution in [0, 0.1) is 5.82 Å². The molecule has 0 heterocycles. The Hall–Kier alpha value is -1.93. The van der Waals surface area contributed by atoms with Crippen molar-refractivity contribution < 1.29 is 21.2 Å². The zero-order valence-electron chi connectivity index (χ0n) is 11.7. The molecule has 0 saturated carbocycles. The van der Waals surface area contributed by atoms with Gasteiger partial charge in [-0.3, -0.25) is 4.72 Å². The number of nitrogens with one attached hydrogen (secondary N) is 1. The average molecular weight is 343 g/mol. The molecule has 0 radical (unpaired) electrons. The summed E-state index contributed by atoms with van der Waals surface area (Å²) in [7, 11) is -7.23. The van der Waals surface area contributed by atoms with Crippen molar-refractivity contribution in [1.29, 1.82) is 0 Å². The molecule has 8 heteroatoms. The second-order valence-electron chi connectivity index (χ2n) is 4.79. The van der Waals surface area contributed by atoms with Crippen LogP contribution in [0.4, 0.5) is 10.1 Å². The summed E-state index contributed by atoms with van der Waals surface area (Å²) in [5, 5.41) is 0. The molecule has 5 nitrogen and oxygen atoms in total. The molecule has 0 spiro atoms. The predicted molar refractivity (Wildman–Crippen MR) is 82.2 cm³/mol. The first-order valence-corrected chi connectivity index (χ1v) is 9.76. The SMILES string of the molecule is CS(=O)(=O)Cc1ccccc1NS(=O)(=O)c1ccc(F)cc1. The monoisotopic (exact) mass is 343 g/mol. The van der Waals surface area contributed by atoms with Crippen molar-refractivity contribution in [2.45, 2.75) is 10.6 Å². The first kappa shape index (κ1) is 16.4. The van der Waals surface area contributed by atoms with Gasteiger partial charge in [-0.05, 0) is 35.9 Å². The lowest BCUT2D eigenvalue weighted by Gasteiger charge is -2.12. The van der Waals surface area contributed by atoms with Gasteiger partial charge in [-0.1, -0.05) is 18.2 Å². The molecule has 2 aromatic rings. The molecular formula is C14H14FNO4S2. The zero-order chi connectivity index (χ0) is 16.4. The van der Waals surface area contributed by atoms with E-state index in [1.165, 1.54) is 12.1 Å². The molecule has 0 atom stereocenters. The van der Waals surface area contributed by atoms with Crippen LogP contribution in [0.5, 0.6) is 0 Å². The highest BCUT2D eigenvalue weighted by Gasteiger charge is 2.17. The first-order valence-electron chi connectivity index (χ1n) is 6.21. The molecule has 2 aromatic carbocycles. The first-order chi connectivity index (χ1) is 10.2. The number of sulfonamides is 1. The molecule has 0 aliphatic rings. The molecule has 0 aromatic heterocycles. The fourth-order valence-electron chi connectivity index (χ4n) is 1.85. The number of hydrogen-bond donors (Lipinski definition) is 1.